The molecule has 35 heavy (non-hydrogen) atoms. The van der Waals surface area contributed by atoms with E-state index in [2.05, 4.69) is 94.7 Å². The van der Waals surface area contributed by atoms with Crippen LogP contribution in [0, 0.1) is 29.1 Å². The van der Waals surface area contributed by atoms with E-state index in [-0.39, 0.29) is 23.2 Å². The van der Waals surface area contributed by atoms with Gasteiger partial charge in [-0.2, -0.15) is 0 Å². The minimum absolute atomic E-state index is 0.0114. The highest BCUT2D eigenvalue weighted by atomic mass is 35.5. The zero-order chi connectivity index (χ0) is 25.6. The molecule has 0 spiro atoms. The first-order chi connectivity index (χ1) is 16.4. The van der Waals surface area contributed by atoms with Crippen molar-refractivity contribution >= 4 is 25.6 Å². The number of allylic oxidation sites excluding steroid dienone is 1. The van der Waals surface area contributed by atoms with Crippen LogP contribution < -0.4 is 0 Å². The number of carbonyl (C=O) groups is 1. The second-order valence-corrected chi connectivity index (χ2v) is 18.2. The molecule has 2 saturated carbocycles. The maximum absolute atomic E-state index is 13.4. The van der Waals surface area contributed by atoms with E-state index in [0.717, 1.165) is 24.8 Å². The van der Waals surface area contributed by atoms with Crippen LogP contribution in [0.4, 0.5) is 0 Å². The Morgan fingerprint density at radius 1 is 1.06 bits per heavy atom. The molecule has 2 aromatic rings. The Morgan fingerprint density at radius 2 is 1.69 bits per heavy atom. The molecule has 0 radical (unpaired) electrons. The summed E-state index contributed by atoms with van der Waals surface area (Å²) in [6.07, 6.45) is 5.48. The van der Waals surface area contributed by atoms with Crippen LogP contribution in [0.1, 0.15) is 57.1 Å². The van der Waals surface area contributed by atoms with Gasteiger partial charge in [0.1, 0.15) is 0 Å². The van der Waals surface area contributed by atoms with E-state index >= 15 is 0 Å². The second kappa shape index (κ2) is 9.56. The molecule has 0 saturated heterocycles. The number of rotatable bonds is 7. The normalized spacial score (nSPS) is 31.5. The van der Waals surface area contributed by atoms with E-state index in [1.54, 1.807) is 0 Å². The molecule has 2 nitrogen and oxygen atoms in total. The topological polar surface area (TPSA) is 37.3 Å². The van der Waals surface area contributed by atoms with Crippen molar-refractivity contribution < 1.29 is 9.90 Å². The average molecular weight is 509 g/mol. The van der Waals surface area contributed by atoms with Crippen molar-refractivity contribution in [3.63, 3.8) is 0 Å². The molecule has 0 unspecified atom stereocenters. The summed E-state index contributed by atoms with van der Waals surface area (Å²) in [5.41, 5.74) is 3.89. The molecule has 4 heteroatoms. The monoisotopic (exact) mass is 508 g/mol. The van der Waals surface area contributed by atoms with Crippen molar-refractivity contribution in [1.29, 1.82) is 0 Å². The van der Waals surface area contributed by atoms with E-state index in [1.807, 2.05) is 12.1 Å². The highest BCUT2D eigenvalue weighted by Crippen LogP contribution is 2.73. The lowest BCUT2D eigenvalue weighted by molar-refractivity contribution is -0.149. The van der Waals surface area contributed by atoms with E-state index in [1.165, 1.54) is 5.56 Å². The van der Waals surface area contributed by atoms with Gasteiger partial charge in [0.05, 0.1) is 13.5 Å². The third-order valence-electron chi connectivity index (χ3n) is 8.89. The van der Waals surface area contributed by atoms with E-state index in [0.29, 0.717) is 16.9 Å². The Labute approximate surface area is 217 Å². The van der Waals surface area contributed by atoms with Crippen molar-refractivity contribution in [2.24, 2.45) is 29.1 Å². The molecule has 4 rings (SSSR count). The molecule has 2 aliphatic carbocycles. The van der Waals surface area contributed by atoms with Gasteiger partial charge < -0.3 is 5.11 Å². The summed E-state index contributed by atoms with van der Waals surface area (Å²) in [5, 5.41) is 11.7. The molecule has 2 fully saturated rings. The SMILES string of the molecule is C[C@@H]1CC[C@H](C(C)(C)c2ccccc2)[C@H]([C@@]2(C(=O)O)[C@H](C=C[Si](C)(C)C)[C@@H]2c2ccc(Cl)cc2)C1. The van der Waals surface area contributed by atoms with Crippen molar-refractivity contribution in [2.45, 2.75) is 71.0 Å². The molecule has 0 aromatic heterocycles. The van der Waals surface area contributed by atoms with Gasteiger partial charge >= 0.3 is 5.97 Å². The first-order valence-electron chi connectivity index (χ1n) is 13.1. The number of benzene rings is 2. The van der Waals surface area contributed by atoms with Gasteiger partial charge in [0.25, 0.3) is 0 Å². The third kappa shape index (κ3) is 4.91. The zero-order valence-electron chi connectivity index (χ0n) is 22.1. The average Bonchev–Trinajstić information content (AvgIpc) is 3.48. The van der Waals surface area contributed by atoms with Crippen LogP contribution in [0.15, 0.2) is 66.4 Å². The van der Waals surface area contributed by atoms with Crippen LogP contribution in [0.25, 0.3) is 0 Å². The fourth-order valence-corrected chi connectivity index (χ4v) is 7.93. The summed E-state index contributed by atoms with van der Waals surface area (Å²) in [5.74, 6) is 0.308. The van der Waals surface area contributed by atoms with Crippen molar-refractivity contribution in [3.05, 3.63) is 82.5 Å². The number of carboxylic acid groups (broad SMARTS) is 1. The Hall–Kier alpha value is -1.84. The predicted octanol–water partition coefficient (Wildman–Crippen LogP) is 8.59. The minimum Gasteiger partial charge on any atom is -0.481 e. The molecular formula is C31H41ClO2Si. The summed E-state index contributed by atoms with van der Waals surface area (Å²) in [7, 11) is -1.48. The predicted molar refractivity (Wildman–Crippen MR) is 150 cm³/mol. The van der Waals surface area contributed by atoms with E-state index < -0.39 is 19.5 Å². The lowest BCUT2D eigenvalue weighted by Gasteiger charge is -2.47. The molecule has 1 N–H and O–H groups in total. The fourth-order valence-electron chi connectivity index (χ4n) is 7.02. The van der Waals surface area contributed by atoms with Gasteiger partial charge in [-0.1, -0.05) is 113 Å². The molecule has 0 heterocycles. The van der Waals surface area contributed by atoms with Gasteiger partial charge in [0.15, 0.2) is 0 Å². The van der Waals surface area contributed by atoms with Gasteiger partial charge in [0.2, 0.25) is 0 Å². The lowest BCUT2D eigenvalue weighted by Crippen LogP contribution is -2.45. The standard InChI is InChI=1S/C31H41ClO2Si/c1-21-12-17-25(30(2,3)23-10-8-7-9-11-23)27(20-21)31(29(33)34)26(18-19-35(4,5)6)28(31)22-13-15-24(32)16-14-22/h7-11,13-16,18-19,21,25-28H,12,17,20H2,1-6H3,(H,33,34)/t21-,25+,26-,27-,28+,31+/m1/s1. The molecule has 0 aliphatic heterocycles. The maximum Gasteiger partial charge on any atom is 0.311 e. The van der Waals surface area contributed by atoms with Gasteiger partial charge in [0, 0.05) is 16.9 Å². The molecule has 188 valence electrons. The quantitative estimate of drug-likeness (QED) is 0.380. The smallest absolute Gasteiger partial charge is 0.311 e. The molecule has 2 aliphatic rings. The molecule has 0 amide bonds. The van der Waals surface area contributed by atoms with E-state index in [9.17, 15) is 9.90 Å². The summed E-state index contributed by atoms with van der Waals surface area (Å²) in [6, 6.07) is 18.6. The van der Waals surface area contributed by atoms with E-state index in [4.69, 9.17) is 11.6 Å². The first-order valence-corrected chi connectivity index (χ1v) is 17.1. The Kier molecular flexibility index (Phi) is 7.16. The summed E-state index contributed by atoms with van der Waals surface area (Å²) in [6.45, 7) is 13.9. The zero-order valence-corrected chi connectivity index (χ0v) is 23.8. The maximum atomic E-state index is 13.4. The summed E-state index contributed by atoms with van der Waals surface area (Å²) < 4.78 is 0. The van der Waals surface area contributed by atoms with Crippen LogP contribution >= 0.6 is 11.6 Å². The Bertz CT molecular complexity index is 1070. The highest BCUT2D eigenvalue weighted by Gasteiger charge is 2.74. The molecule has 0 bridgehead atoms. The first kappa shape index (κ1) is 26.2. The molecule has 6 atom stereocenters. The van der Waals surface area contributed by atoms with Crippen LogP contribution in [-0.4, -0.2) is 19.1 Å². The number of aliphatic carboxylic acids is 1. The number of hydrogen-bond donors (Lipinski definition) is 1. The number of carboxylic acids is 1. The molecule has 2 aromatic carbocycles. The van der Waals surface area contributed by atoms with Crippen LogP contribution in [0.5, 0.6) is 0 Å². The van der Waals surface area contributed by atoms with Crippen LogP contribution in [0.3, 0.4) is 0 Å². The Balaban J connectivity index is 1.84. The third-order valence-corrected chi connectivity index (χ3v) is 10.3. The Morgan fingerprint density at radius 3 is 2.26 bits per heavy atom. The van der Waals surface area contributed by atoms with Crippen LogP contribution in [0.2, 0.25) is 24.7 Å². The number of halogens is 1. The van der Waals surface area contributed by atoms with Gasteiger partial charge in [-0.05, 0) is 59.3 Å². The lowest BCUT2D eigenvalue weighted by atomic mass is 9.56. The van der Waals surface area contributed by atoms with Crippen molar-refractivity contribution in [3.8, 4) is 0 Å². The highest BCUT2D eigenvalue weighted by molar-refractivity contribution is 6.80. The van der Waals surface area contributed by atoms with Crippen molar-refractivity contribution in [1.82, 2.24) is 0 Å². The van der Waals surface area contributed by atoms with Gasteiger partial charge in [-0.3, -0.25) is 4.79 Å². The van der Waals surface area contributed by atoms with Gasteiger partial charge in [-0.25, -0.2) is 0 Å². The number of hydrogen-bond acceptors (Lipinski definition) is 1. The summed E-state index contributed by atoms with van der Waals surface area (Å²) >= 11 is 6.22. The largest absolute Gasteiger partial charge is 0.481 e. The minimum atomic E-state index is -1.48. The van der Waals surface area contributed by atoms with Crippen LogP contribution in [-0.2, 0) is 10.2 Å². The van der Waals surface area contributed by atoms with Crippen molar-refractivity contribution in [2.75, 3.05) is 0 Å². The molecular weight excluding hydrogens is 468 g/mol. The second-order valence-electron chi connectivity index (χ2n) is 12.7. The fraction of sp³-hybridized carbons (Fsp3) is 0.516. The summed E-state index contributed by atoms with van der Waals surface area (Å²) in [4.78, 5) is 13.4. The van der Waals surface area contributed by atoms with Gasteiger partial charge in [-0.15, -0.1) is 0 Å².